The van der Waals surface area contributed by atoms with E-state index in [2.05, 4.69) is 10.2 Å². The number of amides is 1. The summed E-state index contributed by atoms with van der Waals surface area (Å²) < 4.78 is 11.5. The zero-order chi connectivity index (χ0) is 22.8. The van der Waals surface area contributed by atoms with Crippen LogP contribution in [0.1, 0.15) is 43.7 Å². The lowest BCUT2D eigenvalue weighted by molar-refractivity contribution is -0.173. The fourth-order valence-corrected chi connectivity index (χ4v) is 7.20. The maximum Gasteiger partial charge on any atom is 0.251 e. The van der Waals surface area contributed by atoms with Gasteiger partial charge < -0.3 is 30.1 Å². The molecule has 0 unspecified atom stereocenters. The summed E-state index contributed by atoms with van der Waals surface area (Å²) in [6.45, 7) is 4.48. The Balaban J connectivity index is 1.38. The Labute approximate surface area is 192 Å². The molecule has 4 atom stereocenters. The fraction of sp³-hybridized carbons (Fsp3) is 0.640. The first kappa shape index (κ1) is 20.1. The molecule has 2 saturated heterocycles. The first-order valence-corrected chi connectivity index (χ1v) is 12.1. The van der Waals surface area contributed by atoms with Crippen LogP contribution in [0.2, 0.25) is 0 Å². The molecule has 1 spiro atoms. The van der Waals surface area contributed by atoms with Gasteiger partial charge in [-0.3, -0.25) is 9.69 Å². The Bertz CT molecular complexity index is 1110. The Hall–Kier alpha value is -2.29. The minimum Gasteiger partial charge on any atom is -0.508 e. The lowest BCUT2D eigenvalue weighted by Crippen LogP contribution is -2.76. The number of phenols is 1. The van der Waals surface area contributed by atoms with Gasteiger partial charge in [-0.15, -0.1) is 0 Å². The minimum absolute atomic E-state index is 0.0108. The number of aromatic hydroxyl groups is 1. The van der Waals surface area contributed by atoms with Crippen molar-refractivity contribution in [3.05, 3.63) is 34.6 Å². The topological polar surface area (TPSA) is 111 Å². The molecule has 3 fully saturated rings. The monoisotopic (exact) mass is 454 g/mol. The molecule has 1 amide bonds. The molecular formula is C25H30N2O6. The van der Waals surface area contributed by atoms with Gasteiger partial charge in [-0.2, -0.15) is 0 Å². The predicted molar refractivity (Wildman–Crippen MR) is 117 cm³/mol. The van der Waals surface area contributed by atoms with E-state index in [-0.39, 0.29) is 35.5 Å². The highest BCUT2D eigenvalue weighted by Gasteiger charge is 2.73. The molecular weight excluding hydrogens is 424 g/mol. The van der Waals surface area contributed by atoms with E-state index in [1.807, 2.05) is 13.0 Å². The van der Waals surface area contributed by atoms with Crippen molar-refractivity contribution < 1.29 is 29.6 Å². The average Bonchev–Trinajstić information content (AvgIpc) is 3.49. The van der Waals surface area contributed by atoms with Crippen LogP contribution in [0.4, 0.5) is 0 Å². The minimum atomic E-state index is -1.28. The number of carbonyl (C=O) groups is 1. The molecule has 3 aliphatic carbocycles. The standard InChI is InChI=1S/C25H30N2O6/c1-23(11-32-12-23)26-22(30)15-9-25(31)17-8-14-4-5-16(28)20-18(14)24(25,21(33-20)19(15)29)6-7-27(17)10-13-2-3-13/h4-5,13,17,21,28-29,31H,2-3,6-12H2,1H3,(H,26,30)/t17-,21+,24+,25-/m1/s1. The molecule has 176 valence electrons. The van der Waals surface area contributed by atoms with Crippen molar-refractivity contribution in [1.82, 2.24) is 10.2 Å². The Kier molecular flexibility index (Phi) is 3.80. The summed E-state index contributed by atoms with van der Waals surface area (Å²) in [6, 6.07) is 3.38. The zero-order valence-corrected chi connectivity index (χ0v) is 18.8. The number of hydrogen-bond donors (Lipinski definition) is 4. The summed E-state index contributed by atoms with van der Waals surface area (Å²) in [5.41, 5.74) is -0.583. The molecule has 6 aliphatic rings. The van der Waals surface area contributed by atoms with Crippen LogP contribution in [0.3, 0.4) is 0 Å². The second-order valence-corrected chi connectivity index (χ2v) is 11.3. The lowest BCUT2D eigenvalue weighted by Gasteiger charge is -2.62. The molecule has 1 aromatic carbocycles. The molecule has 8 heteroatoms. The van der Waals surface area contributed by atoms with E-state index in [4.69, 9.17) is 9.47 Å². The number of nitrogens with zero attached hydrogens (tertiary/aromatic N) is 1. The quantitative estimate of drug-likeness (QED) is 0.542. The normalized spacial score (nSPS) is 37.8. The van der Waals surface area contributed by atoms with E-state index in [0.29, 0.717) is 37.7 Å². The molecule has 33 heavy (non-hydrogen) atoms. The number of nitrogens with one attached hydrogen (secondary N) is 1. The van der Waals surface area contributed by atoms with E-state index >= 15 is 0 Å². The van der Waals surface area contributed by atoms with Crippen molar-refractivity contribution in [2.45, 2.75) is 67.7 Å². The van der Waals surface area contributed by atoms with Crippen LogP contribution in [-0.4, -0.2) is 75.7 Å². The molecule has 0 aromatic heterocycles. The number of likely N-dealkylation sites (tertiary alicyclic amines) is 1. The van der Waals surface area contributed by atoms with Crippen molar-refractivity contribution in [3.8, 4) is 11.5 Å². The molecule has 1 saturated carbocycles. The Morgan fingerprint density at radius 3 is 2.76 bits per heavy atom. The van der Waals surface area contributed by atoms with Crippen LogP contribution >= 0.6 is 0 Å². The van der Waals surface area contributed by atoms with Crippen molar-refractivity contribution in [2.24, 2.45) is 5.92 Å². The number of aliphatic hydroxyl groups is 2. The third-order valence-electron chi connectivity index (χ3n) is 9.05. The van der Waals surface area contributed by atoms with E-state index in [0.717, 1.165) is 24.2 Å². The summed E-state index contributed by atoms with van der Waals surface area (Å²) in [6.07, 6.45) is 2.85. The number of benzene rings is 1. The number of rotatable bonds is 4. The van der Waals surface area contributed by atoms with Gasteiger partial charge in [0.2, 0.25) is 0 Å². The highest BCUT2D eigenvalue weighted by molar-refractivity contribution is 5.95. The molecule has 0 radical (unpaired) electrons. The molecule has 8 nitrogen and oxygen atoms in total. The highest BCUT2D eigenvalue weighted by Crippen LogP contribution is 2.66. The van der Waals surface area contributed by atoms with Gasteiger partial charge in [0.25, 0.3) is 5.91 Å². The number of piperidine rings is 1. The maximum atomic E-state index is 13.3. The van der Waals surface area contributed by atoms with Gasteiger partial charge in [-0.05, 0) is 56.7 Å². The summed E-state index contributed by atoms with van der Waals surface area (Å²) in [7, 11) is 0. The van der Waals surface area contributed by atoms with Crippen LogP contribution in [0.25, 0.3) is 0 Å². The smallest absolute Gasteiger partial charge is 0.251 e. The van der Waals surface area contributed by atoms with E-state index in [9.17, 15) is 20.1 Å². The number of phenolic OH excluding ortho intramolecular Hbond substituents is 1. The van der Waals surface area contributed by atoms with Crippen molar-refractivity contribution in [3.63, 3.8) is 0 Å². The van der Waals surface area contributed by atoms with E-state index in [1.165, 1.54) is 12.8 Å². The van der Waals surface area contributed by atoms with Gasteiger partial charge in [0.15, 0.2) is 17.6 Å². The zero-order valence-electron chi connectivity index (χ0n) is 18.8. The van der Waals surface area contributed by atoms with Gasteiger partial charge in [0.05, 0.1) is 35.3 Å². The Morgan fingerprint density at radius 1 is 1.27 bits per heavy atom. The maximum absolute atomic E-state index is 13.3. The summed E-state index contributed by atoms with van der Waals surface area (Å²) >= 11 is 0. The van der Waals surface area contributed by atoms with Crippen LogP contribution < -0.4 is 10.1 Å². The summed E-state index contributed by atoms with van der Waals surface area (Å²) in [4.78, 5) is 15.7. The van der Waals surface area contributed by atoms with Crippen molar-refractivity contribution in [1.29, 1.82) is 0 Å². The van der Waals surface area contributed by atoms with Gasteiger partial charge in [0, 0.05) is 24.6 Å². The first-order valence-electron chi connectivity index (χ1n) is 12.1. The van der Waals surface area contributed by atoms with Crippen LogP contribution in [0.5, 0.6) is 11.5 Å². The number of aliphatic hydroxyl groups excluding tert-OH is 1. The van der Waals surface area contributed by atoms with Gasteiger partial charge in [-0.1, -0.05) is 6.07 Å². The number of hydrogen-bond acceptors (Lipinski definition) is 7. The van der Waals surface area contributed by atoms with Crippen LogP contribution in [0, 0.1) is 5.92 Å². The van der Waals surface area contributed by atoms with Gasteiger partial charge in [0.1, 0.15) is 5.76 Å². The molecule has 2 bridgehead atoms. The van der Waals surface area contributed by atoms with Crippen LogP contribution in [-0.2, 0) is 21.4 Å². The SMILES string of the molecule is CC1(NC(=O)C2=C(O)[C@@H]3Oc4c(O)ccc5c4[C@@]34CCN(CC3CC3)[C@H](C5)[C@]4(O)C2)COC1. The van der Waals surface area contributed by atoms with Gasteiger partial charge >= 0.3 is 0 Å². The summed E-state index contributed by atoms with van der Waals surface area (Å²) in [5.74, 6) is 0.514. The molecule has 1 aromatic rings. The fourth-order valence-electron chi connectivity index (χ4n) is 7.20. The second kappa shape index (κ2) is 6.23. The predicted octanol–water partition coefficient (Wildman–Crippen LogP) is 1.28. The lowest BCUT2D eigenvalue weighted by atomic mass is 9.49. The average molecular weight is 455 g/mol. The molecule has 7 rings (SSSR count). The first-order chi connectivity index (χ1) is 15.8. The molecule has 3 heterocycles. The summed E-state index contributed by atoms with van der Waals surface area (Å²) in [5, 5.41) is 37.6. The second-order valence-electron chi connectivity index (χ2n) is 11.3. The van der Waals surface area contributed by atoms with E-state index < -0.39 is 22.7 Å². The molecule has 4 N–H and O–H groups in total. The third kappa shape index (κ3) is 2.44. The highest BCUT2D eigenvalue weighted by atomic mass is 16.5. The Morgan fingerprint density at radius 2 is 2.06 bits per heavy atom. The van der Waals surface area contributed by atoms with Crippen LogP contribution in [0.15, 0.2) is 23.5 Å². The van der Waals surface area contributed by atoms with Crippen molar-refractivity contribution in [2.75, 3.05) is 26.3 Å². The van der Waals surface area contributed by atoms with Crippen molar-refractivity contribution >= 4 is 5.91 Å². The number of carbonyl (C=O) groups excluding carboxylic acids is 1. The van der Waals surface area contributed by atoms with E-state index in [1.54, 1.807) is 6.07 Å². The third-order valence-corrected chi connectivity index (χ3v) is 9.05. The molecule has 3 aliphatic heterocycles. The van der Waals surface area contributed by atoms with Gasteiger partial charge in [-0.25, -0.2) is 0 Å². The number of ether oxygens (including phenoxy) is 2. The largest absolute Gasteiger partial charge is 0.508 e.